The molecule has 128 valence electrons. The summed E-state index contributed by atoms with van der Waals surface area (Å²) in [4.78, 5) is 25.1. The van der Waals surface area contributed by atoms with Crippen molar-refractivity contribution < 1.29 is 14.8 Å². The minimum absolute atomic E-state index is 0.110. The van der Waals surface area contributed by atoms with Crippen LogP contribution in [0.2, 0.25) is 0 Å². The molecule has 0 saturated heterocycles. The van der Waals surface area contributed by atoms with Crippen LogP contribution in [0.15, 0.2) is 24.3 Å². The topological polar surface area (TPSA) is 108 Å². The Bertz CT molecular complexity index is 491. The van der Waals surface area contributed by atoms with E-state index in [4.69, 9.17) is 10.9 Å². The zero-order valence-electron chi connectivity index (χ0n) is 13.5. The fraction of sp³-hybridized carbons (Fsp3) is 0.500. The number of rotatable bonds is 10. The van der Waals surface area contributed by atoms with Crippen LogP contribution in [0.4, 0.5) is 5.69 Å². The average Bonchev–Trinajstić information content (AvgIpc) is 2.57. The van der Waals surface area contributed by atoms with Gasteiger partial charge in [-0.1, -0.05) is 6.92 Å². The van der Waals surface area contributed by atoms with Crippen molar-refractivity contribution in [2.75, 3.05) is 31.9 Å². The van der Waals surface area contributed by atoms with Crippen molar-refractivity contribution in [2.45, 2.75) is 26.2 Å². The van der Waals surface area contributed by atoms with E-state index < -0.39 is 0 Å². The highest BCUT2D eigenvalue weighted by Crippen LogP contribution is 2.05. The van der Waals surface area contributed by atoms with Crippen LogP contribution in [0, 0.1) is 0 Å². The summed E-state index contributed by atoms with van der Waals surface area (Å²) in [6, 6.07) is 6.81. The molecule has 7 nitrogen and oxygen atoms in total. The van der Waals surface area contributed by atoms with Crippen LogP contribution in [0.1, 0.15) is 36.5 Å². The second kappa shape index (κ2) is 10.6. The van der Waals surface area contributed by atoms with Crippen LogP contribution in [0.25, 0.3) is 0 Å². The van der Waals surface area contributed by atoms with Gasteiger partial charge in [0.05, 0.1) is 0 Å². The molecule has 1 rings (SSSR count). The number of amides is 2. The fourth-order valence-electron chi connectivity index (χ4n) is 2.17. The molecule has 1 aromatic rings. The Morgan fingerprint density at radius 1 is 1.17 bits per heavy atom. The van der Waals surface area contributed by atoms with E-state index >= 15 is 0 Å². The summed E-state index contributed by atoms with van der Waals surface area (Å²) < 4.78 is 0. The van der Waals surface area contributed by atoms with Crippen molar-refractivity contribution in [1.82, 2.24) is 15.7 Å². The van der Waals surface area contributed by atoms with Crippen molar-refractivity contribution in [2.24, 2.45) is 0 Å². The monoisotopic (exact) mass is 322 g/mol. The second-order valence-corrected chi connectivity index (χ2v) is 5.30. The van der Waals surface area contributed by atoms with Gasteiger partial charge in [-0.3, -0.25) is 14.8 Å². The largest absolute Gasteiger partial charge is 0.399 e. The van der Waals surface area contributed by atoms with Gasteiger partial charge in [0.1, 0.15) is 0 Å². The summed E-state index contributed by atoms with van der Waals surface area (Å²) in [5, 5.41) is 11.3. The molecule has 0 aromatic heterocycles. The van der Waals surface area contributed by atoms with Crippen LogP contribution >= 0.6 is 0 Å². The first-order valence-electron chi connectivity index (χ1n) is 7.85. The number of likely N-dealkylation sites (N-methyl/N-ethyl adjacent to an activating group) is 1. The Morgan fingerprint density at radius 3 is 2.48 bits per heavy atom. The maximum Gasteiger partial charge on any atom is 0.251 e. The molecule has 0 heterocycles. The third-order valence-corrected chi connectivity index (χ3v) is 3.59. The molecule has 0 aliphatic rings. The molecular formula is C16H26N4O3. The van der Waals surface area contributed by atoms with Gasteiger partial charge in [-0.25, -0.2) is 5.48 Å². The van der Waals surface area contributed by atoms with Crippen LogP contribution in [-0.2, 0) is 4.79 Å². The number of nitrogens with zero attached hydrogens (tertiary/aromatic N) is 1. The highest BCUT2D eigenvalue weighted by atomic mass is 16.5. The molecule has 5 N–H and O–H groups in total. The van der Waals surface area contributed by atoms with Gasteiger partial charge in [-0.05, 0) is 50.2 Å². The second-order valence-electron chi connectivity index (χ2n) is 5.30. The van der Waals surface area contributed by atoms with Gasteiger partial charge in [0, 0.05) is 30.8 Å². The van der Waals surface area contributed by atoms with E-state index in [1.807, 2.05) is 0 Å². The van der Waals surface area contributed by atoms with Crippen LogP contribution in [0.3, 0.4) is 0 Å². The SMILES string of the molecule is CCN(CCCCC(=O)NO)CCNC(=O)c1ccc(N)cc1. The quantitative estimate of drug-likeness (QED) is 0.222. The maximum absolute atomic E-state index is 12.0. The summed E-state index contributed by atoms with van der Waals surface area (Å²) >= 11 is 0. The highest BCUT2D eigenvalue weighted by Gasteiger charge is 2.07. The zero-order chi connectivity index (χ0) is 17.1. The van der Waals surface area contributed by atoms with Gasteiger partial charge in [0.15, 0.2) is 0 Å². The van der Waals surface area contributed by atoms with E-state index in [1.54, 1.807) is 29.7 Å². The molecule has 2 amide bonds. The van der Waals surface area contributed by atoms with Gasteiger partial charge in [0.25, 0.3) is 5.91 Å². The molecule has 0 aliphatic carbocycles. The molecule has 0 bridgehead atoms. The van der Waals surface area contributed by atoms with E-state index in [1.165, 1.54) is 0 Å². The number of anilines is 1. The minimum Gasteiger partial charge on any atom is -0.399 e. The Hall–Kier alpha value is -2.12. The Labute approximate surface area is 136 Å². The van der Waals surface area contributed by atoms with Gasteiger partial charge in [-0.2, -0.15) is 0 Å². The summed E-state index contributed by atoms with van der Waals surface area (Å²) in [7, 11) is 0. The number of unbranched alkanes of at least 4 members (excludes halogenated alkanes) is 1. The van der Waals surface area contributed by atoms with E-state index in [-0.39, 0.29) is 11.8 Å². The van der Waals surface area contributed by atoms with Crippen molar-refractivity contribution in [3.63, 3.8) is 0 Å². The fourth-order valence-corrected chi connectivity index (χ4v) is 2.17. The van der Waals surface area contributed by atoms with Crippen molar-refractivity contribution in [1.29, 1.82) is 0 Å². The van der Waals surface area contributed by atoms with Crippen LogP contribution < -0.4 is 16.5 Å². The van der Waals surface area contributed by atoms with Gasteiger partial charge < -0.3 is 16.0 Å². The zero-order valence-corrected chi connectivity index (χ0v) is 13.5. The number of hydrogen-bond donors (Lipinski definition) is 4. The predicted octanol–water partition coefficient (Wildman–Crippen LogP) is 0.996. The van der Waals surface area contributed by atoms with Crippen molar-refractivity contribution in [3.05, 3.63) is 29.8 Å². The van der Waals surface area contributed by atoms with E-state index in [0.717, 1.165) is 32.5 Å². The molecule has 0 spiro atoms. The lowest BCUT2D eigenvalue weighted by molar-refractivity contribution is -0.129. The molecule has 23 heavy (non-hydrogen) atoms. The lowest BCUT2D eigenvalue weighted by atomic mass is 10.2. The summed E-state index contributed by atoms with van der Waals surface area (Å²) in [5.74, 6) is -0.468. The normalized spacial score (nSPS) is 10.6. The number of nitrogen functional groups attached to an aromatic ring is 1. The Kier molecular flexibility index (Phi) is 8.71. The first-order chi connectivity index (χ1) is 11.1. The molecule has 0 aliphatic heterocycles. The van der Waals surface area contributed by atoms with Crippen LogP contribution in [0.5, 0.6) is 0 Å². The number of nitrogens with one attached hydrogen (secondary N) is 2. The Balaban J connectivity index is 2.22. The predicted molar refractivity (Wildman–Crippen MR) is 89.1 cm³/mol. The smallest absolute Gasteiger partial charge is 0.251 e. The molecular weight excluding hydrogens is 296 g/mol. The highest BCUT2D eigenvalue weighted by molar-refractivity contribution is 5.94. The molecule has 0 saturated carbocycles. The molecule has 0 radical (unpaired) electrons. The van der Waals surface area contributed by atoms with Crippen LogP contribution in [-0.4, -0.2) is 48.1 Å². The summed E-state index contributed by atoms with van der Waals surface area (Å²) in [6.07, 6.45) is 1.91. The summed E-state index contributed by atoms with van der Waals surface area (Å²) in [6.45, 7) is 5.11. The number of hydroxylamine groups is 1. The number of nitrogens with two attached hydrogens (primary N) is 1. The van der Waals surface area contributed by atoms with Gasteiger partial charge in [-0.15, -0.1) is 0 Å². The van der Waals surface area contributed by atoms with Gasteiger partial charge >= 0.3 is 0 Å². The van der Waals surface area contributed by atoms with E-state index in [2.05, 4.69) is 17.1 Å². The minimum atomic E-state index is -0.358. The third kappa shape index (κ3) is 7.62. The Morgan fingerprint density at radius 2 is 1.87 bits per heavy atom. The lowest BCUT2D eigenvalue weighted by Gasteiger charge is -2.20. The molecule has 7 heteroatoms. The molecule has 0 atom stereocenters. The van der Waals surface area contributed by atoms with Crippen molar-refractivity contribution >= 4 is 17.5 Å². The first kappa shape index (κ1) is 18.9. The van der Waals surface area contributed by atoms with E-state index in [0.29, 0.717) is 24.2 Å². The van der Waals surface area contributed by atoms with Gasteiger partial charge in [0.2, 0.25) is 5.91 Å². The number of benzene rings is 1. The number of hydrogen-bond acceptors (Lipinski definition) is 5. The van der Waals surface area contributed by atoms with Crippen molar-refractivity contribution in [3.8, 4) is 0 Å². The average molecular weight is 322 g/mol. The third-order valence-electron chi connectivity index (χ3n) is 3.59. The standard InChI is InChI=1S/C16H26N4O3/c1-2-20(11-4-3-5-15(21)19-23)12-10-18-16(22)13-6-8-14(17)9-7-13/h6-9,23H,2-5,10-12,17H2,1H3,(H,18,22)(H,19,21). The maximum atomic E-state index is 12.0. The summed E-state index contributed by atoms with van der Waals surface area (Å²) in [5.41, 5.74) is 8.45. The van der Waals surface area contributed by atoms with E-state index in [9.17, 15) is 9.59 Å². The lowest BCUT2D eigenvalue weighted by Crippen LogP contribution is -2.35. The molecule has 0 fully saturated rings. The molecule has 1 aromatic carbocycles. The first-order valence-corrected chi connectivity index (χ1v) is 7.85. The molecule has 0 unspecified atom stereocenters. The number of carbonyl (C=O) groups is 2. The number of carbonyl (C=O) groups excluding carboxylic acids is 2.